The van der Waals surface area contributed by atoms with Crippen LogP contribution in [0.1, 0.15) is 38.7 Å². The highest BCUT2D eigenvalue weighted by Crippen LogP contribution is 2.15. The molecule has 1 aromatic carbocycles. The summed E-state index contributed by atoms with van der Waals surface area (Å²) in [6.07, 6.45) is 3.35. The third kappa shape index (κ3) is 9.30. The topological polar surface area (TPSA) is 50.8 Å². The molecule has 6 heteroatoms. The highest BCUT2D eigenvalue weighted by Gasteiger charge is 2.17. The van der Waals surface area contributed by atoms with Crippen molar-refractivity contribution in [3.8, 4) is 5.75 Å². The van der Waals surface area contributed by atoms with Gasteiger partial charge in [-0.3, -0.25) is 9.69 Å². The molecule has 158 valence electrons. The minimum Gasteiger partial charge on any atom is -0.492 e. The lowest BCUT2D eigenvalue weighted by molar-refractivity contribution is -0.118. The van der Waals surface area contributed by atoms with Crippen molar-refractivity contribution in [1.82, 2.24) is 10.2 Å². The number of hydrogen-bond acceptors (Lipinski definition) is 5. The molecule has 1 aromatic rings. The van der Waals surface area contributed by atoms with E-state index in [0.29, 0.717) is 30.9 Å². The molecule has 0 aromatic heterocycles. The first-order valence-corrected chi connectivity index (χ1v) is 11.5. The number of rotatable bonds is 12. The summed E-state index contributed by atoms with van der Waals surface area (Å²) >= 11 is 1.70. The zero-order valence-corrected chi connectivity index (χ0v) is 18.4. The fourth-order valence-corrected chi connectivity index (χ4v) is 4.17. The molecule has 0 saturated carbocycles. The van der Waals surface area contributed by atoms with E-state index in [9.17, 15) is 4.79 Å². The monoisotopic (exact) mass is 408 g/mol. The summed E-state index contributed by atoms with van der Waals surface area (Å²) in [7, 11) is 2.16. The highest BCUT2D eigenvalue weighted by molar-refractivity contribution is 7.99. The summed E-state index contributed by atoms with van der Waals surface area (Å²) in [5.41, 5.74) is 1.07. The molecule has 28 heavy (non-hydrogen) atoms. The quantitative estimate of drug-likeness (QED) is 0.536. The zero-order chi connectivity index (χ0) is 20.2. The maximum atomic E-state index is 12.0. The summed E-state index contributed by atoms with van der Waals surface area (Å²) in [5, 5.41) is 3.00. The minimum absolute atomic E-state index is 0.0955. The molecule has 0 aliphatic carbocycles. The van der Waals surface area contributed by atoms with Gasteiger partial charge in [0, 0.05) is 32.3 Å². The Morgan fingerprint density at radius 3 is 2.89 bits per heavy atom. The molecule has 0 spiro atoms. The third-order valence-electron chi connectivity index (χ3n) is 4.99. The predicted octanol–water partition coefficient (Wildman–Crippen LogP) is 3.57. The Morgan fingerprint density at radius 1 is 1.36 bits per heavy atom. The molecule has 1 heterocycles. The lowest BCUT2D eigenvalue weighted by atomic mass is 10.1. The molecule has 1 saturated heterocycles. The van der Waals surface area contributed by atoms with Crippen LogP contribution in [0.3, 0.4) is 0 Å². The van der Waals surface area contributed by atoms with Crippen LogP contribution in [-0.2, 0) is 16.1 Å². The van der Waals surface area contributed by atoms with Crippen molar-refractivity contribution in [2.24, 2.45) is 5.92 Å². The van der Waals surface area contributed by atoms with Crippen LogP contribution in [0.5, 0.6) is 5.75 Å². The fourth-order valence-electron chi connectivity index (χ4n) is 3.10. The molecule has 1 N–H and O–H groups in total. The van der Waals surface area contributed by atoms with Gasteiger partial charge < -0.3 is 14.8 Å². The van der Waals surface area contributed by atoms with Crippen molar-refractivity contribution < 1.29 is 14.3 Å². The number of nitrogens with zero attached hydrogens (tertiary/aromatic N) is 1. The average molecular weight is 409 g/mol. The van der Waals surface area contributed by atoms with E-state index in [0.717, 1.165) is 56.1 Å². The number of benzene rings is 1. The van der Waals surface area contributed by atoms with Gasteiger partial charge in [-0.25, -0.2) is 0 Å². The Bertz CT molecular complexity index is 577. The molecule has 1 aliphatic rings. The van der Waals surface area contributed by atoms with Crippen molar-refractivity contribution in [2.75, 3.05) is 44.9 Å². The first-order chi connectivity index (χ1) is 13.5. The van der Waals surface area contributed by atoms with Crippen LogP contribution in [0.15, 0.2) is 24.3 Å². The normalized spacial score (nSPS) is 15.2. The molecule has 0 radical (unpaired) electrons. The minimum atomic E-state index is 0.0955. The number of hydrogen-bond donors (Lipinski definition) is 1. The Balaban J connectivity index is 1.64. The van der Waals surface area contributed by atoms with Gasteiger partial charge in [-0.2, -0.15) is 11.8 Å². The molecule has 1 amide bonds. The van der Waals surface area contributed by atoms with E-state index >= 15 is 0 Å². The van der Waals surface area contributed by atoms with Crippen molar-refractivity contribution in [1.29, 1.82) is 0 Å². The second-order valence-electron chi connectivity index (χ2n) is 7.83. The number of thioether (sulfide) groups is 1. The van der Waals surface area contributed by atoms with Crippen LogP contribution < -0.4 is 10.1 Å². The van der Waals surface area contributed by atoms with Crippen molar-refractivity contribution in [3.05, 3.63) is 29.8 Å². The smallest absolute Gasteiger partial charge is 0.230 e. The number of ether oxygens (including phenoxy) is 2. The van der Waals surface area contributed by atoms with Crippen molar-refractivity contribution in [2.45, 2.75) is 45.7 Å². The SMILES string of the molecule is CC(C)CCSCC(=O)NCc1cccc(OCCN(C)C2CCOCC2)c1. The van der Waals surface area contributed by atoms with Crippen LogP contribution in [0, 0.1) is 5.92 Å². The van der Waals surface area contributed by atoms with Crippen LogP contribution >= 0.6 is 11.8 Å². The Hall–Kier alpha value is -1.24. The van der Waals surface area contributed by atoms with Gasteiger partial charge in [-0.05, 0) is 55.7 Å². The molecule has 2 rings (SSSR count). The Kier molecular flexibility index (Phi) is 10.8. The largest absolute Gasteiger partial charge is 0.492 e. The second kappa shape index (κ2) is 13.1. The van der Waals surface area contributed by atoms with Gasteiger partial charge in [-0.15, -0.1) is 0 Å². The number of nitrogens with one attached hydrogen (secondary N) is 1. The van der Waals surface area contributed by atoms with Crippen molar-refractivity contribution >= 4 is 17.7 Å². The molecule has 0 atom stereocenters. The van der Waals surface area contributed by atoms with Crippen LogP contribution in [0.4, 0.5) is 0 Å². The molecular weight excluding hydrogens is 372 g/mol. The molecule has 0 bridgehead atoms. The van der Waals surface area contributed by atoms with Gasteiger partial charge in [0.25, 0.3) is 0 Å². The highest BCUT2D eigenvalue weighted by atomic mass is 32.2. The van der Waals surface area contributed by atoms with Gasteiger partial charge in [-0.1, -0.05) is 26.0 Å². The molecular formula is C22H36N2O3S. The standard InChI is InChI=1S/C22H36N2O3S/c1-18(2)9-14-28-17-22(25)23-16-19-5-4-6-21(15-19)27-13-10-24(3)20-7-11-26-12-8-20/h4-6,15,18,20H,7-14,16-17H2,1-3H3,(H,23,25). The maximum absolute atomic E-state index is 12.0. The first kappa shape index (κ1) is 23.0. The fraction of sp³-hybridized carbons (Fsp3) is 0.682. The third-order valence-corrected chi connectivity index (χ3v) is 5.98. The Morgan fingerprint density at radius 2 is 2.14 bits per heavy atom. The van der Waals surface area contributed by atoms with E-state index < -0.39 is 0 Å². The van der Waals surface area contributed by atoms with E-state index in [1.807, 2.05) is 24.3 Å². The van der Waals surface area contributed by atoms with E-state index in [-0.39, 0.29) is 5.91 Å². The predicted molar refractivity (Wildman–Crippen MR) is 117 cm³/mol. The summed E-state index contributed by atoms with van der Waals surface area (Å²) in [6, 6.07) is 8.59. The van der Waals surface area contributed by atoms with Crippen LogP contribution in [0.2, 0.25) is 0 Å². The Labute approximate surface area is 174 Å². The number of likely N-dealkylation sites (N-methyl/N-ethyl adjacent to an activating group) is 1. The molecule has 0 unspecified atom stereocenters. The van der Waals surface area contributed by atoms with E-state index in [4.69, 9.17) is 9.47 Å². The zero-order valence-electron chi connectivity index (χ0n) is 17.6. The lowest BCUT2D eigenvalue weighted by Crippen LogP contribution is -2.38. The average Bonchev–Trinajstić information content (AvgIpc) is 2.70. The molecule has 1 aliphatic heterocycles. The molecule has 5 nitrogen and oxygen atoms in total. The summed E-state index contributed by atoms with van der Waals surface area (Å²) in [4.78, 5) is 14.3. The van der Waals surface area contributed by atoms with E-state index in [1.165, 1.54) is 0 Å². The number of amides is 1. The number of carbonyl (C=O) groups excluding carboxylic acids is 1. The second-order valence-corrected chi connectivity index (χ2v) is 8.94. The van der Waals surface area contributed by atoms with Crippen molar-refractivity contribution in [3.63, 3.8) is 0 Å². The van der Waals surface area contributed by atoms with Crippen LogP contribution in [-0.4, -0.2) is 61.8 Å². The lowest BCUT2D eigenvalue weighted by Gasteiger charge is -2.31. The first-order valence-electron chi connectivity index (χ1n) is 10.4. The van der Waals surface area contributed by atoms with Gasteiger partial charge in [0.1, 0.15) is 12.4 Å². The van der Waals surface area contributed by atoms with E-state index in [2.05, 4.69) is 31.1 Å². The van der Waals surface area contributed by atoms with Gasteiger partial charge >= 0.3 is 0 Å². The molecule has 1 fully saturated rings. The van der Waals surface area contributed by atoms with Gasteiger partial charge in [0.15, 0.2) is 0 Å². The van der Waals surface area contributed by atoms with Gasteiger partial charge in [0.2, 0.25) is 5.91 Å². The number of carbonyl (C=O) groups is 1. The van der Waals surface area contributed by atoms with Gasteiger partial charge in [0.05, 0.1) is 5.75 Å². The summed E-state index contributed by atoms with van der Waals surface area (Å²) < 4.78 is 11.4. The maximum Gasteiger partial charge on any atom is 0.230 e. The summed E-state index contributed by atoms with van der Waals surface area (Å²) in [5.74, 6) is 3.21. The van der Waals surface area contributed by atoms with Crippen LogP contribution in [0.25, 0.3) is 0 Å². The summed E-state index contributed by atoms with van der Waals surface area (Å²) in [6.45, 7) is 8.25. The van der Waals surface area contributed by atoms with E-state index in [1.54, 1.807) is 11.8 Å².